The fourth-order valence-corrected chi connectivity index (χ4v) is 2.66. The second-order valence-electron chi connectivity index (χ2n) is 7.39. The quantitative estimate of drug-likeness (QED) is 0.798. The number of fused-ring (bicyclic) bond motifs is 1. The molecule has 0 aromatic heterocycles. The summed E-state index contributed by atoms with van der Waals surface area (Å²) in [4.78, 5) is 12.1. The number of carbonyl (C=O) groups excluding carboxylic acids is 1. The largest absolute Gasteiger partial charge is 0.460 e. The number of hydrogen-bond acceptors (Lipinski definition) is 3. The SMILES string of the molecule is CC(C)(C)OC(=O)Cc1cccc2c1CC(C(C)(C)F)OC2. The number of ether oxygens (including phenoxy) is 2. The van der Waals surface area contributed by atoms with E-state index in [2.05, 4.69) is 0 Å². The molecule has 0 radical (unpaired) electrons. The first-order valence-corrected chi connectivity index (χ1v) is 7.68. The van der Waals surface area contributed by atoms with Crippen molar-refractivity contribution in [2.45, 2.75) is 71.4 Å². The minimum absolute atomic E-state index is 0.208. The molecule has 1 aromatic rings. The van der Waals surface area contributed by atoms with E-state index in [-0.39, 0.29) is 12.4 Å². The Labute approximate surface area is 131 Å². The van der Waals surface area contributed by atoms with Crippen LogP contribution in [0.1, 0.15) is 51.3 Å². The molecule has 0 saturated carbocycles. The summed E-state index contributed by atoms with van der Waals surface area (Å²) in [6, 6.07) is 5.79. The first-order chi connectivity index (χ1) is 10.1. The van der Waals surface area contributed by atoms with Crippen LogP contribution in [0, 0.1) is 0 Å². The lowest BCUT2D eigenvalue weighted by Gasteiger charge is -2.33. The van der Waals surface area contributed by atoms with Gasteiger partial charge in [0.15, 0.2) is 0 Å². The summed E-state index contributed by atoms with van der Waals surface area (Å²) in [5.41, 5.74) is 1.05. The van der Waals surface area contributed by atoms with Gasteiger partial charge in [0.05, 0.1) is 19.1 Å². The fourth-order valence-electron chi connectivity index (χ4n) is 2.66. The van der Waals surface area contributed by atoms with E-state index in [1.54, 1.807) is 0 Å². The maximum absolute atomic E-state index is 14.2. The molecular weight excluding hydrogens is 283 g/mol. The third-order valence-corrected chi connectivity index (χ3v) is 3.72. The number of carbonyl (C=O) groups is 1. The van der Waals surface area contributed by atoms with E-state index >= 15 is 0 Å². The average Bonchev–Trinajstić information content (AvgIpc) is 2.35. The van der Waals surface area contributed by atoms with Gasteiger partial charge in [0.25, 0.3) is 0 Å². The molecule has 0 fully saturated rings. The Kier molecular flexibility index (Phi) is 4.62. The van der Waals surface area contributed by atoms with Crippen molar-refractivity contribution < 1.29 is 18.7 Å². The highest BCUT2D eigenvalue weighted by Crippen LogP contribution is 2.31. The van der Waals surface area contributed by atoms with Gasteiger partial charge in [-0.05, 0) is 51.3 Å². The van der Waals surface area contributed by atoms with Crippen LogP contribution in [0.15, 0.2) is 18.2 Å². The molecule has 1 unspecified atom stereocenters. The molecule has 1 atom stereocenters. The smallest absolute Gasteiger partial charge is 0.310 e. The van der Waals surface area contributed by atoms with Gasteiger partial charge in [-0.25, -0.2) is 4.39 Å². The summed E-state index contributed by atoms with van der Waals surface area (Å²) >= 11 is 0. The predicted molar refractivity (Wildman–Crippen MR) is 83.5 cm³/mol. The van der Waals surface area contributed by atoms with Gasteiger partial charge in [0.2, 0.25) is 0 Å². The lowest BCUT2D eigenvalue weighted by Crippen LogP contribution is -2.39. The Hall–Kier alpha value is -1.42. The molecule has 3 nitrogen and oxygen atoms in total. The second kappa shape index (κ2) is 5.99. The van der Waals surface area contributed by atoms with Gasteiger partial charge in [-0.2, -0.15) is 0 Å². The van der Waals surface area contributed by atoms with Crippen LogP contribution in [-0.2, 0) is 33.7 Å². The highest BCUT2D eigenvalue weighted by Gasteiger charge is 2.34. The van der Waals surface area contributed by atoms with Crippen molar-refractivity contribution in [2.75, 3.05) is 0 Å². The van der Waals surface area contributed by atoms with Crippen LogP contribution < -0.4 is 0 Å². The highest BCUT2D eigenvalue weighted by molar-refractivity contribution is 5.73. The van der Waals surface area contributed by atoms with Gasteiger partial charge in [0.1, 0.15) is 11.3 Å². The minimum atomic E-state index is -1.41. The van der Waals surface area contributed by atoms with Gasteiger partial charge in [-0.3, -0.25) is 4.79 Å². The Bertz CT molecular complexity index is 552. The second-order valence-corrected chi connectivity index (χ2v) is 7.39. The summed E-state index contributed by atoms with van der Waals surface area (Å²) in [5, 5.41) is 0. The lowest BCUT2D eigenvalue weighted by atomic mass is 9.88. The van der Waals surface area contributed by atoms with Crippen molar-refractivity contribution in [2.24, 2.45) is 0 Å². The average molecular weight is 308 g/mol. The number of rotatable bonds is 3. The minimum Gasteiger partial charge on any atom is -0.460 e. The first kappa shape index (κ1) is 16.9. The van der Waals surface area contributed by atoms with E-state index in [4.69, 9.17) is 9.47 Å². The number of esters is 1. The molecule has 2 rings (SSSR count). The van der Waals surface area contributed by atoms with Crippen LogP contribution in [0.3, 0.4) is 0 Å². The zero-order valence-corrected chi connectivity index (χ0v) is 14.0. The molecule has 1 aromatic carbocycles. The summed E-state index contributed by atoms with van der Waals surface area (Å²) in [7, 11) is 0. The van der Waals surface area contributed by atoms with Crippen LogP contribution >= 0.6 is 0 Å². The zero-order chi connectivity index (χ0) is 16.5. The molecule has 0 spiro atoms. The zero-order valence-electron chi connectivity index (χ0n) is 14.0. The van der Waals surface area contributed by atoms with Gasteiger partial charge >= 0.3 is 5.97 Å². The van der Waals surface area contributed by atoms with Crippen LogP contribution in [0.25, 0.3) is 0 Å². The van der Waals surface area contributed by atoms with Crippen molar-refractivity contribution in [3.8, 4) is 0 Å². The highest BCUT2D eigenvalue weighted by atomic mass is 19.1. The molecular formula is C18H25FO3. The number of alkyl halides is 1. The molecule has 1 heterocycles. The van der Waals surface area contributed by atoms with Crippen LogP contribution in [0.5, 0.6) is 0 Å². The van der Waals surface area contributed by atoms with Crippen molar-refractivity contribution in [3.63, 3.8) is 0 Å². The normalized spacial score (nSPS) is 18.7. The monoisotopic (exact) mass is 308 g/mol. The van der Waals surface area contributed by atoms with Crippen LogP contribution in [0.2, 0.25) is 0 Å². The summed E-state index contributed by atoms with van der Waals surface area (Å²) in [6.07, 6.45) is 0.206. The van der Waals surface area contributed by atoms with Crippen molar-refractivity contribution in [3.05, 3.63) is 34.9 Å². The molecule has 0 N–H and O–H groups in total. The maximum Gasteiger partial charge on any atom is 0.310 e. The summed E-state index contributed by atoms with van der Waals surface area (Å²) < 4.78 is 25.2. The number of hydrogen-bond donors (Lipinski definition) is 0. The van der Waals surface area contributed by atoms with Crippen molar-refractivity contribution >= 4 is 5.97 Å². The van der Waals surface area contributed by atoms with E-state index in [9.17, 15) is 9.18 Å². The molecule has 1 aliphatic rings. The Balaban J connectivity index is 2.20. The van der Waals surface area contributed by atoms with Crippen molar-refractivity contribution in [1.82, 2.24) is 0 Å². The van der Waals surface area contributed by atoms with Crippen LogP contribution in [-0.4, -0.2) is 23.3 Å². The lowest BCUT2D eigenvalue weighted by molar-refractivity contribution is -0.153. The first-order valence-electron chi connectivity index (χ1n) is 7.68. The predicted octanol–water partition coefficient (Wildman–Crippen LogP) is 3.76. The van der Waals surface area contributed by atoms with Gasteiger partial charge < -0.3 is 9.47 Å². The molecule has 0 aliphatic carbocycles. The molecule has 22 heavy (non-hydrogen) atoms. The van der Waals surface area contributed by atoms with E-state index in [0.29, 0.717) is 13.0 Å². The number of benzene rings is 1. The van der Waals surface area contributed by atoms with Crippen molar-refractivity contribution in [1.29, 1.82) is 0 Å². The molecule has 0 bridgehead atoms. The molecule has 0 saturated heterocycles. The Morgan fingerprint density at radius 1 is 1.32 bits per heavy atom. The summed E-state index contributed by atoms with van der Waals surface area (Å²) in [5.74, 6) is -0.261. The standard InChI is InChI=1S/C18H25FO3/c1-17(2,3)22-16(20)9-12-7-6-8-13-11-21-15(10-14(12)13)18(4,5)19/h6-8,15H,9-11H2,1-5H3. The Morgan fingerprint density at radius 2 is 2.00 bits per heavy atom. The van der Waals surface area contributed by atoms with Gasteiger partial charge in [-0.15, -0.1) is 0 Å². The molecule has 122 valence electrons. The Morgan fingerprint density at radius 3 is 2.59 bits per heavy atom. The molecule has 0 amide bonds. The van der Waals surface area contributed by atoms with E-state index in [1.807, 2.05) is 39.0 Å². The van der Waals surface area contributed by atoms with E-state index in [0.717, 1.165) is 16.7 Å². The van der Waals surface area contributed by atoms with Gasteiger partial charge in [-0.1, -0.05) is 18.2 Å². The summed E-state index contributed by atoms with van der Waals surface area (Å²) in [6.45, 7) is 8.98. The fraction of sp³-hybridized carbons (Fsp3) is 0.611. The molecule has 1 aliphatic heterocycles. The third-order valence-electron chi connectivity index (χ3n) is 3.72. The van der Waals surface area contributed by atoms with E-state index in [1.165, 1.54) is 13.8 Å². The van der Waals surface area contributed by atoms with Gasteiger partial charge in [0, 0.05) is 6.42 Å². The topological polar surface area (TPSA) is 35.5 Å². The van der Waals surface area contributed by atoms with Crippen LogP contribution in [0.4, 0.5) is 4.39 Å². The third kappa shape index (κ3) is 4.29. The number of halogens is 1. The maximum atomic E-state index is 14.2. The van der Waals surface area contributed by atoms with E-state index < -0.39 is 17.4 Å². The molecule has 4 heteroatoms.